The summed E-state index contributed by atoms with van der Waals surface area (Å²) in [7, 11) is 0. The molecule has 1 fully saturated rings. The molecule has 1 aliphatic rings. The Morgan fingerprint density at radius 1 is 1.33 bits per heavy atom. The Morgan fingerprint density at radius 3 is 2.71 bits per heavy atom. The minimum atomic E-state index is 0. The summed E-state index contributed by atoms with van der Waals surface area (Å²) in [6.45, 7) is 3.14. The molecule has 0 radical (unpaired) electrons. The molecule has 3 nitrogen and oxygen atoms in total. The third kappa shape index (κ3) is 6.06. The summed E-state index contributed by atoms with van der Waals surface area (Å²) in [5.74, 6) is 0.180. The molecule has 2 N–H and O–H groups in total. The van der Waals surface area contributed by atoms with Crippen LogP contribution in [-0.4, -0.2) is 24.5 Å². The van der Waals surface area contributed by atoms with Crippen molar-refractivity contribution >= 4 is 18.3 Å². The van der Waals surface area contributed by atoms with E-state index < -0.39 is 0 Å². The molecule has 4 heteroatoms. The average Bonchev–Trinajstić information content (AvgIpc) is 2.49. The molecule has 0 aliphatic carbocycles. The van der Waals surface area contributed by atoms with E-state index in [9.17, 15) is 4.79 Å². The van der Waals surface area contributed by atoms with Crippen LogP contribution >= 0.6 is 12.4 Å². The predicted molar refractivity (Wildman–Crippen MR) is 89.9 cm³/mol. The van der Waals surface area contributed by atoms with Gasteiger partial charge in [-0.05, 0) is 37.8 Å². The largest absolute Gasteiger partial charge is 0.352 e. The summed E-state index contributed by atoms with van der Waals surface area (Å²) in [4.78, 5) is 12.3. The van der Waals surface area contributed by atoms with Gasteiger partial charge in [0.25, 0.3) is 0 Å². The van der Waals surface area contributed by atoms with E-state index in [1.165, 1.54) is 12.0 Å². The maximum absolute atomic E-state index is 12.3. The molecule has 1 aromatic carbocycles. The molecule has 0 spiro atoms. The number of amides is 1. The molecule has 1 amide bonds. The van der Waals surface area contributed by atoms with Crippen LogP contribution in [0.4, 0.5) is 0 Å². The third-order valence-electron chi connectivity index (χ3n) is 3.94. The summed E-state index contributed by atoms with van der Waals surface area (Å²) in [5.41, 5.74) is 1.29. The van der Waals surface area contributed by atoms with Gasteiger partial charge in [-0.25, -0.2) is 0 Å². The van der Waals surface area contributed by atoms with Crippen molar-refractivity contribution in [3.05, 3.63) is 35.9 Å². The van der Waals surface area contributed by atoms with Crippen molar-refractivity contribution in [2.24, 2.45) is 0 Å². The van der Waals surface area contributed by atoms with Crippen LogP contribution in [0.15, 0.2) is 30.3 Å². The number of carbonyl (C=O) groups is 1. The summed E-state index contributed by atoms with van der Waals surface area (Å²) >= 11 is 0. The molecule has 21 heavy (non-hydrogen) atoms. The lowest BCUT2D eigenvalue weighted by molar-refractivity contribution is -0.124. The van der Waals surface area contributed by atoms with Crippen molar-refractivity contribution < 1.29 is 4.79 Å². The third-order valence-corrected chi connectivity index (χ3v) is 3.94. The lowest BCUT2D eigenvalue weighted by Gasteiger charge is -2.26. The van der Waals surface area contributed by atoms with E-state index in [1.807, 2.05) is 6.07 Å². The second kappa shape index (κ2) is 9.80. The molecule has 118 valence electrons. The zero-order valence-corrected chi connectivity index (χ0v) is 13.6. The number of hydrogen-bond acceptors (Lipinski definition) is 2. The number of halogens is 1. The summed E-state index contributed by atoms with van der Waals surface area (Å²) in [6, 6.07) is 10.7. The molecule has 2 rings (SSSR count). The Morgan fingerprint density at radius 2 is 2.10 bits per heavy atom. The van der Waals surface area contributed by atoms with Gasteiger partial charge in [0.2, 0.25) is 5.91 Å². The summed E-state index contributed by atoms with van der Waals surface area (Å²) in [5, 5.41) is 6.55. The second-order valence-electron chi connectivity index (χ2n) is 5.69. The van der Waals surface area contributed by atoms with Crippen molar-refractivity contribution in [2.45, 2.75) is 57.5 Å². The Bertz CT molecular complexity index is 405. The van der Waals surface area contributed by atoms with Gasteiger partial charge in [-0.1, -0.05) is 50.1 Å². The number of hydrogen-bond donors (Lipinski definition) is 2. The van der Waals surface area contributed by atoms with E-state index in [4.69, 9.17) is 0 Å². The first-order valence-electron chi connectivity index (χ1n) is 7.87. The van der Waals surface area contributed by atoms with Gasteiger partial charge < -0.3 is 10.6 Å². The second-order valence-corrected chi connectivity index (χ2v) is 5.69. The Balaban J connectivity index is 0.00000220. The minimum Gasteiger partial charge on any atom is -0.352 e. The molecule has 1 heterocycles. The standard InChI is InChI=1S/C17H26N2O.ClH/c1-2-8-15(13-14-9-4-3-5-10-14)19-17(20)16-11-6-7-12-18-16;/h3-5,9-10,15-16,18H,2,6-8,11-13H2,1H3,(H,19,20);1H. The first-order chi connectivity index (χ1) is 9.79. The fourth-order valence-corrected chi connectivity index (χ4v) is 2.85. The van der Waals surface area contributed by atoms with Crippen LogP contribution in [0.3, 0.4) is 0 Å². The first kappa shape index (κ1) is 18.0. The molecule has 2 unspecified atom stereocenters. The van der Waals surface area contributed by atoms with Gasteiger partial charge in [-0.2, -0.15) is 0 Å². The minimum absolute atomic E-state index is 0. The highest BCUT2D eigenvalue weighted by Gasteiger charge is 2.22. The summed E-state index contributed by atoms with van der Waals surface area (Å²) < 4.78 is 0. The molecule has 0 saturated carbocycles. The smallest absolute Gasteiger partial charge is 0.237 e. The van der Waals surface area contributed by atoms with Crippen molar-refractivity contribution in [1.82, 2.24) is 10.6 Å². The highest BCUT2D eigenvalue weighted by atomic mass is 35.5. The van der Waals surface area contributed by atoms with E-state index in [2.05, 4.69) is 41.8 Å². The van der Waals surface area contributed by atoms with E-state index >= 15 is 0 Å². The molecular weight excluding hydrogens is 284 g/mol. The highest BCUT2D eigenvalue weighted by molar-refractivity contribution is 5.85. The van der Waals surface area contributed by atoms with Crippen LogP contribution in [0.1, 0.15) is 44.6 Å². The number of rotatable bonds is 6. The Kier molecular flexibility index (Phi) is 8.40. The molecule has 0 bridgehead atoms. The fraction of sp³-hybridized carbons (Fsp3) is 0.588. The van der Waals surface area contributed by atoms with Gasteiger partial charge in [0.15, 0.2) is 0 Å². The molecule has 2 atom stereocenters. The van der Waals surface area contributed by atoms with Crippen LogP contribution in [0.5, 0.6) is 0 Å². The van der Waals surface area contributed by atoms with Gasteiger partial charge in [-0.15, -0.1) is 12.4 Å². The zero-order valence-electron chi connectivity index (χ0n) is 12.8. The topological polar surface area (TPSA) is 41.1 Å². The monoisotopic (exact) mass is 310 g/mol. The maximum Gasteiger partial charge on any atom is 0.237 e. The fourth-order valence-electron chi connectivity index (χ4n) is 2.85. The van der Waals surface area contributed by atoms with Gasteiger partial charge in [0.05, 0.1) is 6.04 Å². The van der Waals surface area contributed by atoms with Crippen molar-refractivity contribution in [3.8, 4) is 0 Å². The van der Waals surface area contributed by atoms with Gasteiger partial charge in [-0.3, -0.25) is 4.79 Å². The van der Waals surface area contributed by atoms with Crippen LogP contribution in [0.25, 0.3) is 0 Å². The normalized spacial score (nSPS) is 19.4. The van der Waals surface area contributed by atoms with Crippen molar-refractivity contribution in [1.29, 1.82) is 0 Å². The Labute approximate surface area is 134 Å². The van der Waals surface area contributed by atoms with E-state index in [-0.39, 0.29) is 30.4 Å². The van der Waals surface area contributed by atoms with E-state index in [0.717, 1.165) is 38.6 Å². The Hall–Kier alpha value is -1.06. The molecule has 1 aliphatic heterocycles. The van der Waals surface area contributed by atoms with E-state index in [1.54, 1.807) is 0 Å². The molecule has 0 aromatic heterocycles. The van der Waals surface area contributed by atoms with E-state index in [0.29, 0.717) is 0 Å². The van der Waals surface area contributed by atoms with Gasteiger partial charge in [0.1, 0.15) is 0 Å². The summed E-state index contributed by atoms with van der Waals surface area (Å²) in [6.07, 6.45) is 6.36. The van der Waals surface area contributed by atoms with Crippen LogP contribution in [0.2, 0.25) is 0 Å². The van der Waals surface area contributed by atoms with Crippen LogP contribution < -0.4 is 10.6 Å². The average molecular weight is 311 g/mol. The molecular formula is C17H27ClN2O. The number of nitrogens with one attached hydrogen (secondary N) is 2. The van der Waals surface area contributed by atoms with Gasteiger partial charge in [0, 0.05) is 6.04 Å². The number of benzene rings is 1. The van der Waals surface area contributed by atoms with Crippen molar-refractivity contribution in [2.75, 3.05) is 6.54 Å². The van der Waals surface area contributed by atoms with Crippen LogP contribution in [0, 0.1) is 0 Å². The highest BCUT2D eigenvalue weighted by Crippen LogP contribution is 2.10. The van der Waals surface area contributed by atoms with Crippen LogP contribution in [-0.2, 0) is 11.2 Å². The SMILES string of the molecule is CCCC(Cc1ccccc1)NC(=O)C1CCCCN1.Cl. The quantitative estimate of drug-likeness (QED) is 0.848. The predicted octanol–water partition coefficient (Wildman–Crippen LogP) is 3.08. The number of carbonyl (C=O) groups excluding carboxylic acids is 1. The lowest BCUT2D eigenvalue weighted by Crippen LogP contribution is -2.50. The lowest BCUT2D eigenvalue weighted by atomic mass is 10.00. The van der Waals surface area contributed by atoms with Gasteiger partial charge >= 0.3 is 0 Å². The van der Waals surface area contributed by atoms with Crippen molar-refractivity contribution in [3.63, 3.8) is 0 Å². The first-order valence-corrected chi connectivity index (χ1v) is 7.87. The molecule has 1 saturated heterocycles. The maximum atomic E-state index is 12.3. The molecule has 1 aromatic rings. The zero-order chi connectivity index (χ0) is 14.2. The number of piperidine rings is 1.